The van der Waals surface area contributed by atoms with Crippen LogP contribution in [-0.4, -0.2) is 14.5 Å². The van der Waals surface area contributed by atoms with Crippen molar-refractivity contribution in [1.29, 1.82) is 5.26 Å². The van der Waals surface area contributed by atoms with Crippen LogP contribution in [0.4, 0.5) is 4.39 Å². The maximum Gasteiger partial charge on any atom is 0.251 e. The third-order valence-electron chi connectivity index (χ3n) is 4.72. The first-order valence-corrected chi connectivity index (χ1v) is 9.12. The second-order valence-electron chi connectivity index (χ2n) is 6.52. The molecule has 0 bridgehead atoms. The Hall–Kier alpha value is -3.56. The van der Waals surface area contributed by atoms with E-state index in [-0.39, 0.29) is 16.9 Å². The van der Waals surface area contributed by atoms with Gasteiger partial charge in [0.25, 0.3) is 5.56 Å². The molecule has 0 saturated carbocycles. The lowest BCUT2D eigenvalue weighted by Crippen LogP contribution is -2.17. The van der Waals surface area contributed by atoms with Crippen LogP contribution in [-0.2, 0) is 7.05 Å². The van der Waals surface area contributed by atoms with Gasteiger partial charge < -0.3 is 4.57 Å². The van der Waals surface area contributed by atoms with Crippen LogP contribution >= 0.6 is 11.6 Å². The largest absolute Gasteiger partial charge is 0.310 e. The molecule has 5 nitrogen and oxygen atoms in total. The second-order valence-corrected chi connectivity index (χ2v) is 6.95. The van der Waals surface area contributed by atoms with E-state index in [9.17, 15) is 4.79 Å². The number of pyridine rings is 3. The first-order chi connectivity index (χ1) is 14.0. The molecule has 0 saturated heterocycles. The number of hydrogen-bond acceptors (Lipinski definition) is 4. The fourth-order valence-electron chi connectivity index (χ4n) is 3.16. The summed E-state index contributed by atoms with van der Waals surface area (Å²) >= 11 is 5.89. The number of fused-ring (bicyclic) bond motifs is 1. The lowest BCUT2D eigenvalue weighted by molar-refractivity contribution is 0.394. The van der Waals surface area contributed by atoms with Gasteiger partial charge in [-0.05, 0) is 35.9 Å². The molecule has 0 amide bonds. The van der Waals surface area contributed by atoms with E-state index in [0.717, 1.165) is 0 Å². The zero-order valence-corrected chi connectivity index (χ0v) is 16.1. The fourth-order valence-corrected chi connectivity index (χ4v) is 3.29. The van der Waals surface area contributed by atoms with E-state index in [1.165, 1.54) is 16.8 Å². The lowest BCUT2D eigenvalue weighted by atomic mass is 10.0. The van der Waals surface area contributed by atoms with E-state index in [1.807, 2.05) is 6.07 Å². The minimum atomic E-state index is -1.46. The van der Waals surface area contributed by atoms with Crippen LogP contribution in [0.1, 0.15) is 23.1 Å². The van der Waals surface area contributed by atoms with Gasteiger partial charge in [-0.1, -0.05) is 29.8 Å². The number of aryl methyl sites for hydroxylation is 1. The standard InChI is InChI=1S/C22H14ClFN4O/c1-28-20-12-26-19(22(24)13-5-7-14(23)8-6-13)9-17(20)16(10-21(28)29)18-4-2-3-15(11-25)27-18/h2-10,12,22H,1H3. The van der Waals surface area contributed by atoms with Crippen LogP contribution in [0, 0.1) is 11.3 Å². The molecule has 1 aromatic carbocycles. The van der Waals surface area contributed by atoms with Crippen molar-refractivity contribution in [3.8, 4) is 17.3 Å². The number of aromatic nitrogens is 3. The minimum Gasteiger partial charge on any atom is -0.310 e. The van der Waals surface area contributed by atoms with Crippen molar-refractivity contribution in [2.45, 2.75) is 6.17 Å². The highest BCUT2D eigenvalue weighted by atomic mass is 35.5. The van der Waals surface area contributed by atoms with Gasteiger partial charge in [0.2, 0.25) is 0 Å². The first-order valence-electron chi connectivity index (χ1n) is 8.74. The number of halogens is 2. The molecule has 0 N–H and O–H groups in total. The maximum atomic E-state index is 15.1. The molecule has 0 aliphatic carbocycles. The first kappa shape index (κ1) is 18.8. The number of nitrogens with zero attached hydrogens (tertiary/aromatic N) is 4. The summed E-state index contributed by atoms with van der Waals surface area (Å²) in [5.41, 5.74) is 2.14. The van der Waals surface area contributed by atoms with Crippen molar-refractivity contribution < 1.29 is 4.39 Å². The molecule has 0 radical (unpaired) electrons. The Kier molecular flexibility index (Phi) is 4.83. The Morgan fingerprint density at radius 3 is 2.66 bits per heavy atom. The molecule has 3 aromatic heterocycles. The van der Waals surface area contributed by atoms with Crippen LogP contribution in [0.15, 0.2) is 65.6 Å². The van der Waals surface area contributed by atoms with Crippen LogP contribution in [0.2, 0.25) is 5.02 Å². The molecule has 1 unspecified atom stereocenters. The summed E-state index contributed by atoms with van der Waals surface area (Å²) in [5, 5.41) is 10.3. The molecule has 3 heterocycles. The normalized spacial score (nSPS) is 11.9. The molecule has 1 atom stereocenters. The van der Waals surface area contributed by atoms with Crippen molar-refractivity contribution in [1.82, 2.24) is 14.5 Å². The molecule has 0 aliphatic heterocycles. The highest BCUT2D eigenvalue weighted by molar-refractivity contribution is 6.30. The summed E-state index contributed by atoms with van der Waals surface area (Å²) in [7, 11) is 1.63. The van der Waals surface area contributed by atoms with E-state index in [4.69, 9.17) is 16.9 Å². The van der Waals surface area contributed by atoms with Crippen molar-refractivity contribution >= 4 is 22.5 Å². The average Bonchev–Trinajstić information content (AvgIpc) is 2.76. The molecule has 0 spiro atoms. The van der Waals surface area contributed by atoms with Crippen LogP contribution in [0.25, 0.3) is 22.2 Å². The van der Waals surface area contributed by atoms with Gasteiger partial charge in [0, 0.05) is 29.1 Å². The molecule has 4 rings (SSSR count). The van der Waals surface area contributed by atoms with Gasteiger partial charge in [0.1, 0.15) is 11.8 Å². The molecular formula is C22H14ClFN4O. The van der Waals surface area contributed by atoms with Gasteiger partial charge in [0.05, 0.1) is 23.1 Å². The topological polar surface area (TPSA) is 71.6 Å². The van der Waals surface area contributed by atoms with Gasteiger partial charge in [-0.2, -0.15) is 5.26 Å². The summed E-state index contributed by atoms with van der Waals surface area (Å²) in [4.78, 5) is 20.9. The van der Waals surface area contributed by atoms with E-state index in [0.29, 0.717) is 32.7 Å². The quantitative estimate of drug-likeness (QED) is 0.501. The Morgan fingerprint density at radius 2 is 1.93 bits per heavy atom. The Morgan fingerprint density at radius 1 is 1.17 bits per heavy atom. The van der Waals surface area contributed by atoms with Crippen molar-refractivity contribution in [2.24, 2.45) is 7.05 Å². The van der Waals surface area contributed by atoms with Crippen molar-refractivity contribution in [3.05, 3.63) is 93.1 Å². The highest BCUT2D eigenvalue weighted by Gasteiger charge is 2.18. The zero-order valence-electron chi connectivity index (χ0n) is 15.3. The van der Waals surface area contributed by atoms with Crippen molar-refractivity contribution in [3.63, 3.8) is 0 Å². The molecule has 7 heteroatoms. The van der Waals surface area contributed by atoms with Gasteiger partial charge in [-0.25, -0.2) is 9.37 Å². The predicted octanol–water partition coefficient (Wildman–Crippen LogP) is 4.58. The molecule has 29 heavy (non-hydrogen) atoms. The summed E-state index contributed by atoms with van der Waals surface area (Å²) in [6.07, 6.45) is 0.0202. The Labute approximate surface area is 170 Å². The highest BCUT2D eigenvalue weighted by Crippen LogP contribution is 2.31. The minimum absolute atomic E-state index is 0.205. The number of alkyl halides is 1. The Balaban J connectivity index is 1.93. The smallest absolute Gasteiger partial charge is 0.251 e. The maximum absolute atomic E-state index is 15.1. The van der Waals surface area contributed by atoms with E-state index >= 15 is 4.39 Å². The monoisotopic (exact) mass is 404 g/mol. The lowest BCUT2D eigenvalue weighted by Gasteiger charge is -2.13. The fraction of sp³-hybridized carbons (Fsp3) is 0.0909. The predicted molar refractivity (Wildman–Crippen MR) is 109 cm³/mol. The molecule has 4 aromatic rings. The van der Waals surface area contributed by atoms with E-state index in [1.54, 1.807) is 55.6 Å². The van der Waals surface area contributed by atoms with E-state index < -0.39 is 6.17 Å². The summed E-state index contributed by atoms with van der Waals surface area (Å²) in [6.45, 7) is 0. The zero-order chi connectivity index (χ0) is 20.5. The molecule has 142 valence electrons. The van der Waals surface area contributed by atoms with Gasteiger partial charge in [-0.3, -0.25) is 9.78 Å². The second kappa shape index (κ2) is 7.46. The number of hydrogen-bond donors (Lipinski definition) is 0. The Bertz CT molecular complexity index is 1330. The third-order valence-corrected chi connectivity index (χ3v) is 4.97. The van der Waals surface area contributed by atoms with Crippen molar-refractivity contribution in [2.75, 3.05) is 0 Å². The van der Waals surface area contributed by atoms with Gasteiger partial charge >= 0.3 is 0 Å². The third kappa shape index (κ3) is 3.48. The van der Waals surface area contributed by atoms with E-state index in [2.05, 4.69) is 9.97 Å². The van der Waals surface area contributed by atoms with Crippen LogP contribution < -0.4 is 5.56 Å². The SMILES string of the molecule is Cn1c(=O)cc(-c2cccc(C#N)n2)c2cc(C(F)c3ccc(Cl)cc3)ncc21. The van der Waals surface area contributed by atoms with Crippen LogP contribution in [0.5, 0.6) is 0 Å². The summed E-state index contributed by atoms with van der Waals surface area (Å²) < 4.78 is 16.6. The number of rotatable bonds is 3. The van der Waals surface area contributed by atoms with Crippen LogP contribution in [0.3, 0.4) is 0 Å². The average molecular weight is 405 g/mol. The molecule has 0 fully saturated rings. The summed E-state index contributed by atoms with van der Waals surface area (Å²) in [6, 6.07) is 16.5. The van der Waals surface area contributed by atoms with Gasteiger partial charge in [-0.15, -0.1) is 0 Å². The number of nitriles is 1. The number of benzene rings is 1. The molecule has 0 aliphatic rings. The summed E-state index contributed by atoms with van der Waals surface area (Å²) in [5.74, 6) is 0. The molecular weight excluding hydrogens is 391 g/mol. The van der Waals surface area contributed by atoms with Gasteiger partial charge in [0.15, 0.2) is 6.17 Å².